The number of hydrogen-bond acceptors (Lipinski definition) is 6. The van der Waals surface area contributed by atoms with E-state index in [1.807, 2.05) is 0 Å². The van der Waals surface area contributed by atoms with Gasteiger partial charge in [-0.15, -0.1) is 0 Å². The smallest absolute Gasteiger partial charge is 0.270 e. The zero-order valence-electron chi connectivity index (χ0n) is 10.6. The lowest BCUT2D eigenvalue weighted by atomic mass is 10.2. The Bertz CT molecular complexity index is 847. The molecular formula is C12H9ClN6O2. The minimum absolute atomic E-state index is 0.0550. The molecule has 0 aliphatic rings. The molecule has 8 nitrogen and oxygen atoms in total. The number of anilines is 1. The van der Waals surface area contributed by atoms with Crippen LogP contribution >= 0.6 is 11.6 Å². The maximum atomic E-state index is 10.7. The summed E-state index contributed by atoms with van der Waals surface area (Å²) in [6.07, 6.45) is 3.20. The molecule has 0 radical (unpaired) electrons. The van der Waals surface area contributed by atoms with Crippen LogP contribution in [0.5, 0.6) is 0 Å². The summed E-state index contributed by atoms with van der Waals surface area (Å²) in [5.41, 5.74) is 6.79. The summed E-state index contributed by atoms with van der Waals surface area (Å²) in [4.78, 5) is 18.2. The van der Waals surface area contributed by atoms with Gasteiger partial charge in [0.25, 0.3) is 5.69 Å². The van der Waals surface area contributed by atoms with Crippen LogP contribution in [-0.2, 0) is 6.54 Å². The third-order valence-electron chi connectivity index (χ3n) is 2.96. The fraction of sp³-hybridized carbons (Fsp3) is 0.0833. The Morgan fingerprint density at radius 2 is 2.19 bits per heavy atom. The highest BCUT2D eigenvalue weighted by Gasteiger charge is 2.12. The van der Waals surface area contributed by atoms with Gasteiger partial charge in [0.05, 0.1) is 28.1 Å². The van der Waals surface area contributed by atoms with Crippen molar-refractivity contribution in [2.75, 3.05) is 5.73 Å². The standard InChI is InChI=1S/C12H9ClN6O2/c13-10-3-9(19(20)21)2-1-7(10)6-18-11-8(5-16-18)4-15-12(14)17-11/h1-5H,6H2,(H2,14,15,17). The average molecular weight is 305 g/mol. The molecule has 1 aromatic carbocycles. The molecule has 0 fully saturated rings. The summed E-state index contributed by atoms with van der Waals surface area (Å²) in [6, 6.07) is 4.31. The highest BCUT2D eigenvalue weighted by molar-refractivity contribution is 6.31. The third-order valence-corrected chi connectivity index (χ3v) is 3.31. The quantitative estimate of drug-likeness (QED) is 0.585. The van der Waals surface area contributed by atoms with E-state index >= 15 is 0 Å². The minimum atomic E-state index is -0.493. The molecule has 106 valence electrons. The van der Waals surface area contributed by atoms with E-state index in [0.29, 0.717) is 22.8 Å². The molecule has 0 unspecified atom stereocenters. The lowest BCUT2D eigenvalue weighted by molar-refractivity contribution is -0.384. The largest absolute Gasteiger partial charge is 0.368 e. The van der Waals surface area contributed by atoms with Crippen LogP contribution in [0.2, 0.25) is 5.02 Å². The number of nitro groups is 1. The molecule has 2 N–H and O–H groups in total. The van der Waals surface area contributed by atoms with Gasteiger partial charge in [0.1, 0.15) is 0 Å². The molecule has 3 rings (SSSR count). The van der Waals surface area contributed by atoms with E-state index < -0.39 is 4.92 Å². The molecule has 0 aliphatic heterocycles. The first-order valence-corrected chi connectivity index (χ1v) is 6.29. The van der Waals surface area contributed by atoms with Crippen LogP contribution in [0.1, 0.15) is 5.56 Å². The van der Waals surface area contributed by atoms with Gasteiger partial charge in [0, 0.05) is 18.3 Å². The first-order chi connectivity index (χ1) is 10.0. The molecule has 21 heavy (non-hydrogen) atoms. The molecule has 2 aromatic heterocycles. The second kappa shape index (κ2) is 4.98. The highest BCUT2D eigenvalue weighted by atomic mass is 35.5. The number of rotatable bonds is 3. The van der Waals surface area contributed by atoms with Gasteiger partial charge in [-0.2, -0.15) is 10.1 Å². The molecule has 0 bridgehead atoms. The van der Waals surface area contributed by atoms with E-state index in [1.165, 1.54) is 12.1 Å². The Morgan fingerprint density at radius 3 is 2.90 bits per heavy atom. The Balaban J connectivity index is 1.99. The van der Waals surface area contributed by atoms with Crippen LogP contribution in [-0.4, -0.2) is 24.7 Å². The first kappa shape index (κ1) is 13.3. The van der Waals surface area contributed by atoms with Gasteiger partial charge in [-0.25, -0.2) is 9.67 Å². The van der Waals surface area contributed by atoms with Crippen molar-refractivity contribution in [3.05, 3.63) is 51.3 Å². The van der Waals surface area contributed by atoms with Crippen molar-refractivity contribution in [2.45, 2.75) is 6.54 Å². The predicted octanol–water partition coefficient (Wildman–Crippen LogP) is 2.02. The highest BCUT2D eigenvalue weighted by Crippen LogP contribution is 2.24. The molecule has 0 atom stereocenters. The predicted molar refractivity (Wildman–Crippen MR) is 76.9 cm³/mol. The number of nitrogens with two attached hydrogens (primary N) is 1. The van der Waals surface area contributed by atoms with Crippen LogP contribution < -0.4 is 5.73 Å². The van der Waals surface area contributed by atoms with Crippen LogP contribution in [0.4, 0.5) is 11.6 Å². The van der Waals surface area contributed by atoms with Gasteiger partial charge in [0.15, 0.2) is 5.65 Å². The molecular weight excluding hydrogens is 296 g/mol. The van der Waals surface area contributed by atoms with Crippen LogP contribution in [0.25, 0.3) is 11.0 Å². The van der Waals surface area contributed by atoms with Crippen molar-refractivity contribution in [1.82, 2.24) is 19.7 Å². The molecule has 2 heterocycles. The SMILES string of the molecule is Nc1ncc2cnn(Cc3ccc([N+](=O)[O-])cc3Cl)c2n1. The molecule has 0 amide bonds. The van der Waals surface area contributed by atoms with E-state index in [4.69, 9.17) is 17.3 Å². The maximum absolute atomic E-state index is 10.7. The molecule has 0 aliphatic carbocycles. The molecule has 0 saturated heterocycles. The molecule has 3 aromatic rings. The van der Waals surface area contributed by atoms with Gasteiger partial charge >= 0.3 is 0 Å². The summed E-state index contributed by atoms with van der Waals surface area (Å²) in [5, 5.41) is 15.9. The van der Waals surface area contributed by atoms with Crippen molar-refractivity contribution < 1.29 is 4.92 Å². The van der Waals surface area contributed by atoms with E-state index in [9.17, 15) is 10.1 Å². The lowest BCUT2D eigenvalue weighted by Gasteiger charge is -2.05. The second-order valence-electron chi connectivity index (χ2n) is 4.34. The number of fused-ring (bicyclic) bond motifs is 1. The first-order valence-electron chi connectivity index (χ1n) is 5.91. The average Bonchev–Trinajstić information content (AvgIpc) is 2.83. The zero-order valence-corrected chi connectivity index (χ0v) is 11.4. The van der Waals surface area contributed by atoms with Gasteiger partial charge in [0.2, 0.25) is 5.95 Å². The molecule has 9 heteroatoms. The summed E-state index contributed by atoms with van der Waals surface area (Å²) in [7, 11) is 0. The minimum Gasteiger partial charge on any atom is -0.368 e. The molecule has 0 spiro atoms. The topological polar surface area (TPSA) is 113 Å². The van der Waals surface area contributed by atoms with E-state index in [1.54, 1.807) is 23.1 Å². The molecule has 0 saturated carbocycles. The number of nitro benzene ring substituents is 1. The summed E-state index contributed by atoms with van der Waals surface area (Å²) in [6.45, 7) is 0.330. The van der Waals surface area contributed by atoms with Gasteiger partial charge in [-0.3, -0.25) is 10.1 Å². The van der Waals surface area contributed by atoms with Gasteiger partial charge in [-0.1, -0.05) is 11.6 Å². The lowest BCUT2D eigenvalue weighted by Crippen LogP contribution is -2.05. The normalized spacial score (nSPS) is 10.9. The fourth-order valence-corrected chi connectivity index (χ4v) is 2.17. The Morgan fingerprint density at radius 1 is 1.38 bits per heavy atom. The van der Waals surface area contributed by atoms with Crippen molar-refractivity contribution in [3.63, 3.8) is 0 Å². The Hall–Kier alpha value is -2.74. The summed E-state index contributed by atoms with van der Waals surface area (Å²) < 4.78 is 1.61. The van der Waals surface area contributed by atoms with E-state index in [2.05, 4.69) is 15.1 Å². The number of hydrogen-bond donors (Lipinski definition) is 1. The maximum Gasteiger partial charge on any atom is 0.270 e. The third kappa shape index (κ3) is 2.48. The van der Waals surface area contributed by atoms with Crippen molar-refractivity contribution in [1.29, 1.82) is 0 Å². The number of benzene rings is 1. The van der Waals surface area contributed by atoms with E-state index in [-0.39, 0.29) is 11.6 Å². The monoisotopic (exact) mass is 304 g/mol. The Labute approximate surface area is 123 Å². The zero-order chi connectivity index (χ0) is 15.0. The van der Waals surface area contributed by atoms with Crippen LogP contribution in [0.3, 0.4) is 0 Å². The van der Waals surface area contributed by atoms with Crippen LogP contribution in [0.15, 0.2) is 30.6 Å². The summed E-state index contributed by atoms with van der Waals surface area (Å²) in [5.74, 6) is 0.152. The van der Waals surface area contributed by atoms with Crippen molar-refractivity contribution >= 4 is 34.3 Å². The number of aromatic nitrogens is 4. The number of non-ortho nitro benzene ring substituents is 1. The van der Waals surface area contributed by atoms with Crippen LogP contribution in [0, 0.1) is 10.1 Å². The van der Waals surface area contributed by atoms with Crippen molar-refractivity contribution in [2.24, 2.45) is 0 Å². The number of nitrogens with zero attached hydrogens (tertiary/aromatic N) is 5. The second-order valence-corrected chi connectivity index (χ2v) is 4.75. The Kier molecular flexibility index (Phi) is 3.15. The van der Waals surface area contributed by atoms with Crippen molar-refractivity contribution in [3.8, 4) is 0 Å². The summed E-state index contributed by atoms with van der Waals surface area (Å²) >= 11 is 6.07. The van der Waals surface area contributed by atoms with Gasteiger partial charge < -0.3 is 5.73 Å². The number of halogens is 1. The van der Waals surface area contributed by atoms with E-state index in [0.717, 1.165) is 5.39 Å². The fourth-order valence-electron chi connectivity index (χ4n) is 1.93. The number of nitrogen functional groups attached to an aromatic ring is 1. The van der Waals surface area contributed by atoms with Gasteiger partial charge in [-0.05, 0) is 11.6 Å².